The number of nitrogen functional groups attached to an aromatic ring is 1. The number of aromatic carboxylic acids is 1. The average molecular weight is 749 g/mol. The second-order valence-corrected chi connectivity index (χ2v) is 13.7. The first-order valence-electron chi connectivity index (χ1n) is 13.1. The van der Waals surface area contributed by atoms with Gasteiger partial charge in [-0.25, -0.2) is 9.97 Å². The normalized spacial score (nSPS) is 16.9. The van der Waals surface area contributed by atoms with Crippen molar-refractivity contribution in [1.82, 2.24) is 20.2 Å². The SMILES string of the molecule is CON=C(C(=O)N[C@@H]1C(=O)N2C(C(=O)[O-])=C(CSc3nc(Cc4ccc(OC(C)=O)c(C(=O)[O-])c4)cs3)CS[C@@H]12)c1csc(N)n1.[Na+].[Na+]. The summed E-state index contributed by atoms with van der Waals surface area (Å²) in [5, 5.41) is 32.8. The summed E-state index contributed by atoms with van der Waals surface area (Å²) in [6.45, 7) is 1.16. The molecule has 1 saturated heterocycles. The quantitative estimate of drug-likeness (QED) is 0.0334. The van der Waals surface area contributed by atoms with Crippen LogP contribution in [-0.2, 0) is 30.4 Å². The van der Waals surface area contributed by atoms with E-state index in [-0.39, 0.29) is 111 Å². The van der Waals surface area contributed by atoms with Crippen molar-refractivity contribution in [3.05, 3.63) is 62.7 Å². The second kappa shape index (κ2) is 17.5. The van der Waals surface area contributed by atoms with Crippen LogP contribution < -0.4 is 85.1 Å². The van der Waals surface area contributed by atoms with E-state index in [2.05, 4.69) is 20.4 Å². The molecule has 3 N–H and O–H groups in total. The molecule has 0 unspecified atom stereocenters. The van der Waals surface area contributed by atoms with Crippen molar-refractivity contribution in [2.45, 2.75) is 29.1 Å². The third-order valence-electron chi connectivity index (χ3n) is 6.49. The third-order valence-corrected chi connectivity index (χ3v) is 10.7. The predicted molar refractivity (Wildman–Crippen MR) is 165 cm³/mol. The van der Waals surface area contributed by atoms with Gasteiger partial charge in [0.05, 0.1) is 23.3 Å². The molecule has 0 bridgehead atoms. The molecule has 2 amide bonds. The van der Waals surface area contributed by atoms with Crippen molar-refractivity contribution in [3.63, 3.8) is 0 Å². The van der Waals surface area contributed by atoms with Crippen LogP contribution in [0, 0.1) is 0 Å². The van der Waals surface area contributed by atoms with Crippen LogP contribution >= 0.6 is 46.2 Å². The number of carboxylic acids is 2. The van der Waals surface area contributed by atoms with E-state index in [1.54, 1.807) is 11.4 Å². The number of thiazole rings is 2. The second-order valence-electron chi connectivity index (χ2n) is 9.58. The Balaban J connectivity index is 0.00000312. The number of carbonyl (C=O) groups is 5. The van der Waals surface area contributed by atoms with Crippen molar-refractivity contribution in [2.24, 2.45) is 5.16 Å². The maximum Gasteiger partial charge on any atom is 1.00 e. The molecule has 2 aromatic heterocycles. The third kappa shape index (κ3) is 9.01. The molecule has 0 aliphatic carbocycles. The molecule has 21 heteroatoms. The molecule has 2 aliphatic heterocycles. The van der Waals surface area contributed by atoms with Crippen LogP contribution in [0.25, 0.3) is 0 Å². The van der Waals surface area contributed by atoms with Crippen LogP contribution in [0.4, 0.5) is 5.13 Å². The summed E-state index contributed by atoms with van der Waals surface area (Å²) in [4.78, 5) is 75.4. The van der Waals surface area contributed by atoms with E-state index in [9.17, 15) is 34.2 Å². The number of amides is 2. The number of benzene rings is 1. The Bertz CT molecular complexity index is 1810. The van der Waals surface area contributed by atoms with Gasteiger partial charge < -0.3 is 40.4 Å². The zero-order valence-electron chi connectivity index (χ0n) is 25.8. The van der Waals surface area contributed by atoms with Gasteiger partial charge in [-0.3, -0.25) is 19.3 Å². The number of oxime groups is 1. The van der Waals surface area contributed by atoms with Gasteiger partial charge in [-0.1, -0.05) is 23.0 Å². The molecule has 48 heavy (non-hydrogen) atoms. The van der Waals surface area contributed by atoms with E-state index in [1.165, 1.54) is 59.5 Å². The first kappa shape index (κ1) is 40.0. The van der Waals surface area contributed by atoms with Crippen molar-refractivity contribution >= 4 is 86.8 Å². The number of thioether (sulfide) groups is 2. The maximum atomic E-state index is 13.1. The summed E-state index contributed by atoms with van der Waals surface area (Å²) in [6.07, 6.45) is 0.282. The molecule has 0 spiro atoms. The molecule has 5 rings (SSSR count). The number of nitrogens with one attached hydrogen (secondary N) is 1. The largest absolute Gasteiger partial charge is 1.00 e. The number of rotatable bonds is 12. The molecular formula is C27H22N6Na2O9S4. The Labute approximate surface area is 333 Å². The number of nitrogens with zero attached hydrogens (tertiary/aromatic N) is 4. The Morgan fingerprint density at radius 2 is 1.90 bits per heavy atom. The number of hydrogen-bond donors (Lipinski definition) is 2. The molecule has 1 fully saturated rings. The van der Waals surface area contributed by atoms with Gasteiger partial charge in [0, 0.05) is 41.2 Å². The number of ether oxygens (including phenoxy) is 1. The van der Waals surface area contributed by atoms with Gasteiger partial charge in [-0.05, 0) is 23.3 Å². The number of hydrogen-bond acceptors (Lipinski definition) is 17. The van der Waals surface area contributed by atoms with Gasteiger partial charge in [0.15, 0.2) is 10.8 Å². The van der Waals surface area contributed by atoms with Gasteiger partial charge in [0.25, 0.3) is 11.8 Å². The van der Waals surface area contributed by atoms with Crippen LogP contribution in [0.1, 0.15) is 34.2 Å². The number of aromatic nitrogens is 2. The Hall–Kier alpha value is -2.46. The minimum absolute atomic E-state index is 0. The maximum absolute atomic E-state index is 13.1. The van der Waals surface area contributed by atoms with Crippen molar-refractivity contribution < 1.29 is 103 Å². The van der Waals surface area contributed by atoms with E-state index in [1.807, 2.05) is 0 Å². The van der Waals surface area contributed by atoms with Gasteiger partial charge in [0.1, 0.15) is 34.3 Å². The fourth-order valence-electron chi connectivity index (χ4n) is 4.57. The number of carboxylic acid groups (broad SMARTS) is 2. The van der Waals surface area contributed by atoms with E-state index in [4.69, 9.17) is 15.3 Å². The summed E-state index contributed by atoms with van der Waals surface area (Å²) in [5.74, 6) is -4.66. The summed E-state index contributed by atoms with van der Waals surface area (Å²) >= 11 is 4.98. The van der Waals surface area contributed by atoms with Crippen LogP contribution in [0.2, 0.25) is 0 Å². The van der Waals surface area contributed by atoms with Crippen LogP contribution in [0.5, 0.6) is 5.75 Å². The standard InChI is InChI=1S/C27H24N6O9S4.2Na/c1-11(34)42-17-4-3-12(6-15(17)24(37)38)5-14-9-46-27(29-14)45-8-13-7-43-23-19(22(36)33(23)20(13)25(39)40)31-21(35)18(32-41-2)16-10-44-26(28)30-16;;/h3-4,6,9-10,19,23H,5,7-8H2,1-2H3,(H2,28,30)(H,31,35)(H,37,38)(H,39,40);;/q;2*+1/p-2/t19-,23+;;/m1../s1. The number of fused-ring (bicyclic) bond motifs is 1. The fraction of sp³-hybridized carbons (Fsp3) is 0.259. The van der Waals surface area contributed by atoms with E-state index in [0.29, 0.717) is 21.2 Å². The first-order valence-corrected chi connectivity index (χ1v) is 16.9. The summed E-state index contributed by atoms with van der Waals surface area (Å²) < 4.78 is 5.55. The number of esters is 1. The number of nitrogens with two attached hydrogens (primary N) is 1. The molecule has 0 saturated carbocycles. The molecule has 4 heterocycles. The van der Waals surface area contributed by atoms with Gasteiger partial charge >= 0.3 is 65.1 Å². The summed E-state index contributed by atoms with van der Waals surface area (Å²) in [7, 11) is 1.25. The molecule has 2 aliphatic rings. The molecule has 240 valence electrons. The van der Waals surface area contributed by atoms with Gasteiger partial charge in [-0.2, -0.15) is 0 Å². The molecular weight excluding hydrogens is 727 g/mol. The topological polar surface area (TPSA) is 229 Å². The Morgan fingerprint density at radius 1 is 1.15 bits per heavy atom. The van der Waals surface area contributed by atoms with E-state index in [0.717, 1.165) is 23.2 Å². The smallest absolute Gasteiger partial charge is 0.545 e. The van der Waals surface area contributed by atoms with Gasteiger partial charge in [-0.15, -0.1) is 34.4 Å². The van der Waals surface area contributed by atoms with Crippen LogP contribution in [-0.4, -0.2) is 80.3 Å². The van der Waals surface area contributed by atoms with E-state index >= 15 is 0 Å². The monoisotopic (exact) mass is 748 g/mol. The van der Waals surface area contributed by atoms with Crippen LogP contribution in [0.15, 0.2) is 49.7 Å². The summed E-state index contributed by atoms with van der Waals surface area (Å²) in [5.41, 5.74) is 6.83. The first-order chi connectivity index (χ1) is 22.0. The zero-order chi connectivity index (χ0) is 33.1. The number of carbonyl (C=O) groups excluding carboxylic acids is 5. The fourth-order valence-corrected chi connectivity index (χ4v) is 8.45. The van der Waals surface area contributed by atoms with Crippen LogP contribution in [0.3, 0.4) is 0 Å². The molecule has 1 aromatic carbocycles. The molecule has 15 nitrogen and oxygen atoms in total. The molecule has 3 aromatic rings. The van der Waals surface area contributed by atoms with Crippen molar-refractivity contribution in [1.29, 1.82) is 0 Å². The zero-order valence-corrected chi connectivity index (χ0v) is 33.1. The minimum Gasteiger partial charge on any atom is -0.545 e. The molecule has 0 radical (unpaired) electrons. The predicted octanol–water partition coefficient (Wildman–Crippen LogP) is -6.38. The van der Waals surface area contributed by atoms with Gasteiger partial charge in [0.2, 0.25) is 0 Å². The van der Waals surface area contributed by atoms with Crippen molar-refractivity contribution in [2.75, 3.05) is 24.3 Å². The molecule has 2 atom stereocenters. The Kier molecular flexibility index (Phi) is 14.5. The minimum atomic E-state index is -1.51. The number of aliphatic carboxylic acids is 1. The Morgan fingerprint density at radius 3 is 2.52 bits per heavy atom. The van der Waals surface area contributed by atoms with Crippen molar-refractivity contribution in [3.8, 4) is 5.75 Å². The number of anilines is 1. The average Bonchev–Trinajstić information content (AvgIpc) is 3.65. The van der Waals surface area contributed by atoms with E-state index < -0.39 is 41.1 Å². The summed E-state index contributed by atoms with van der Waals surface area (Å²) in [6, 6.07) is 3.33. The number of β-lactam (4-membered cyclic amide) rings is 1.